The third-order valence-electron chi connectivity index (χ3n) is 5.58. The summed E-state index contributed by atoms with van der Waals surface area (Å²) in [5.74, 6) is -0.232. The molecule has 0 saturated heterocycles. The maximum absolute atomic E-state index is 13.9. The molecule has 0 heterocycles. The number of carbonyl (C=O) groups is 3. The van der Waals surface area contributed by atoms with Gasteiger partial charge in [-0.2, -0.15) is 17.0 Å². The second-order valence-corrected chi connectivity index (χ2v) is 10.8. The monoisotopic (exact) mass is 518 g/mol. The van der Waals surface area contributed by atoms with E-state index < -0.39 is 29.7 Å². The Morgan fingerprint density at radius 1 is 1.17 bits per heavy atom. The Bertz CT molecular complexity index is 903. The van der Waals surface area contributed by atoms with Gasteiger partial charge >= 0.3 is 6.09 Å². The van der Waals surface area contributed by atoms with E-state index in [2.05, 4.69) is 17.6 Å². The van der Waals surface area contributed by atoms with E-state index in [9.17, 15) is 19.6 Å². The maximum Gasteiger partial charge on any atom is 0.408 e. The van der Waals surface area contributed by atoms with Crippen LogP contribution >= 0.6 is 11.8 Å². The van der Waals surface area contributed by atoms with Crippen LogP contribution in [0.15, 0.2) is 18.2 Å². The summed E-state index contributed by atoms with van der Waals surface area (Å²) < 4.78 is 5.37. The maximum atomic E-state index is 13.9. The number of benzene rings is 1. The van der Waals surface area contributed by atoms with Crippen LogP contribution in [0.3, 0.4) is 0 Å². The van der Waals surface area contributed by atoms with E-state index in [-0.39, 0.29) is 12.5 Å². The second-order valence-electron chi connectivity index (χ2n) is 9.81. The Balaban J connectivity index is 3.44. The zero-order valence-electron chi connectivity index (χ0n) is 22.8. The van der Waals surface area contributed by atoms with E-state index in [0.717, 1.165) is 30.4 Å². The first-order valence-corrected chi connectivity index (χ1v) is 13.9. The van der Waals surface area contributed by atoms with E-state index in [0.29, 0.717) is 24.3 Å². The SMILES string of the molecule is CCCCCNC(=O)C(c1c(C)cccc1C)N(CC#N)C(=O)C(CCSC)NC(=O)OC(C)(C)C. The highest BCUT2D eigenvalue weighted by Gasteiger charge is 2.37. The summed E-state index contributed by atoms with van der Waals surface area (Å²) in [5, 5.41) is 15.3. The quantitative estimate of drug-likeness (QED) is 0.290. The van der Waals surface area contributed by atoms with Crippen LogP contribution in [0.5, 0.6) is 0 Å². The standard InChI is InChI=1S/C27H42N4O4S/c1-8-9-10-16-29-24(32)23(22-19(2)12-11-13-20(22)3)31(17-15-28)25(33)21(14-18-36-7)30-26(34)35-27(4,5)6/h11-13,21,23H,8-10,14,16-18H2,1-7H3,(H,29,32)(H,30,34). The number of nitrogens with zero attached hydrogens (tertiary/aromatic N) is 2. The van der Waals surface area contributed by atoms with Gasteiger partial charge in [0.2, 0.25) is 11.8 Å². The molecule has 0 aliphatic carbocycles. The summed E-state index contributed by atoms with van der Waals surface area (Å²) in [6.45, 7) is 11.3. The summed E-state index contributed by atoms with van der Waals surface area (Å²) in [5.41, 5.74) is 1.65. The first-order chi connectivity index (χ1) is 17.0. The molecule has 2 unspecified atom stereocenters. The number of rotatable bonds is 13. The number of hydrogen-bond donors (Lipinski definition) is 2. The first kappa shape index (κ1) is 31.3. The summed E-state index contributed by atoms with van der Waals surface area (Å²) in [7, 11) is 0. The lowest BCUT2D eigenvalue weighted by atomic mass is 9.93. The lowest BCUT2D eigenvalue weighted by molar-refractivity contribution is -0.141. The molecule has 0 aromatic heterocycles. The summed E-state index contributed by atoms with van der Waals surface area (Å²) in [6, 6.07) is 5.77. The van der Waals surface area contributed by atoms with Crippen molar-refractivity contribution < 1.29 is 19.1 Å². The molecule has 200 valence electrons. The number of nitrogens with one attached hydrogen (secondary N) is 2. The molecule has 0 saturated carbocycles. The average molecular weight is 519 g/mol. The van der Waals surface area contributed by atoms with E-state index in [1.165, 1.54) is 16.7 Å². The van der Waals surface area contributed by atoms with Crippen LogP contribution in [0.1, 0.15) is 76.1 Å². The van der Waals surface area contributed by atoms with Gasteiger partial charge in [-0.05, 0) is 76.2 Å². The second kappa shape index (κ2) is 15.4. The van der Waals surface area contributed by atoms with E-state index in [1.54, 1.807) is 20.8 Å². The molecular formula is C27H42N4O4S. The summed E-state index contributed by atoms with van der Waals surface area (Å²) in [6.07, 6.45) is 4.34. The number of carbonyl (C=O) groups excluding carboxylic acids is 3. The van der Waals surface area contributed by atoms with Gasteiger partial charge in [-0.25, -0.2) is 4.79 Å². The topological polar surface area (TPSA) is 112 Å². The van der Waals surface area contributed by atoms with E-state index >= 15 is 0 Å². The van der Waals surface area contributed by atoms with Crippen molar-refractivity contribution in [3.8, 4) is 6.07 Å². The van der Waals surface area contributed by atoms with Gasteiger partial charge in [0.25, 0.3) is 0 Å². The van der Waals surface area contributed by atoms with Gasteiger partial charge < -0.3 is 20.3 Å². The lowest BCUT2D eigenvalue weighted by Gasteiger charge is -2.34. The van der Waals surface area contributed by atoms with Crippen LogP contribution in [0.25, 0.3) is 0 Å². The molecule has 0 aliphatic rings. The molecule has 8 nitrogen and oxygen atoms in total. The third-order valence-corrected chi connectivity index (χ3v) is 6.22. The van der Waals surface area contributed by atoms with Gasteiger partial charge in [0.1, 0.15) is 24.2 Å². The van der Waals surface area contributed by atoms with Crippen LogP contribution in [0, 0.1) is 25.2 Å². The number of unbranched alkanes of at least 4 members (excludes halogenated alkanes) is 2. The molecular weight excluding hydrogens is 476 g/mol. The van der Waals surface area contributed by atoms with Crippen molar-refractivity contribution in [3.63, 3.8) is 0 Å². The highest BCUT2D eigenvalue weighted by molar-refractivity contribution is 7.98. The van der Waals surface area contributed by atoms with E-state index in [4.69, 9.17) is 4.74 Å². The molecule has 2 atom stereocenters. The molecule has 0 radical (unpaired) electrons. The molecule has 1 rings (SSSR count). The Hall–Kier alpha value is -2.73. The Morgan fingerprint density at radius 2 is 1.81 bits per heavy atom. The van der Waals surface area contributed by atoms with Gasteiger partial charge in [0.15, 0.2) is 0 Å². The molecule has 0 bridgehead atoms. The Labute approximate surface area is 220 Å². The van der Waals surface area contributed by atoms with Crippen molar-refractivity contribution >= 4 is 29.7 Å². The molecule has 1 aromatic rings. The molecule has 36 heavy (non-hydrogen) atoms. The normalized spacial score (nSPS) is 12.7. The van der Waals surface area contributed by atoms with Crippen LogP contribution in [-0.4, -0.2) is 59.5 Å². The fourth-order valence-corrected chi connectivity index (χ4v) is 4.36. The van der Waals surface area contributed by atoms with Crippen molar-refractivity contribution in [3.05, 3.63) is 34.9 Å². The third kappa shape index (κ3) is 10.1. The zero-order chi connectivity index (χ0) is 27.3. The number of nitriles is 1. The highest BCUT2D eigenvalue weighted by atomic mass is 32.2. The van der Waals surface area contributed by atoms with E-state index in [1.807, 2.05) is 44.4 Å². The summed E-state index contributed by atoms with van der Waals surface area (Å²) in [4.78, 5) is 41.3. The average Bonchev–Trinajstić information content (AvgIpc) is 2.79. The highest BCUT2D eigenvalue weighted by Crippen LogP contribution is 2.29. The van der Waals surface area contributed by atoms with Crippen molar-refractivity contribution in [1.29, 1.82) is 5.26 Å². The van der Waals surface area contributed by atoms with Crippen LogP contribution in [0.2, 0.25) is 0 Å². The Kier molecular flexibility index (Phi) is 13.4. The molecule has 0 aliphatic heterocycles. The number of thioether (sulfide) groups is 1. The number of hydrogen-bond acceptors (Lipinski definition) is 6. The van der Waals surface area contributed by atoms with Crippen LogP contribution < -0.4 is 10.6 Å². The van der Waals surface area contributed by atoms with Gasteiger partial charge in [0, 0.05) is 6.54 Å². The fraction of sp³-hybridized carbons (Fsp3) is 0.630. The molecule has 3 amide bonds. The molecule has 2 N–H and O–H groups in total. The van der Waals surface area contributed by atoms with Crippen LogP contribution in [0.4, 0.5) is 4.79 Å². The van der Waals surface area contributed by atoms with Crippen molar-refractivity contribution in [2.45, 2.75) is 84.9 Å². The fourth-order valence-electron chi connectivity index (χ4n) is 3.89. The smallest absolute Gasteiger partial charge is 0.408 e. The van der Waals surface area contributed by atoms with Crippen molar-refractivity contribution in [2.24, 2.45) is 0 Å². The van der Waals surface area contributed by atoms with Gasteiger partial charge in [-0.3, -0.25) is 9.59 Å². The van der Waals surface area contributed by atoms with Gasteiger partial charge in [-0.1, -0.05) is 38.0 Å². The van der Waals surface area contributed by atoms with Crippen molar-refractivity contribution in [1.82, 2.24) is 15.5 Å². The van der Waals surface area contributed by atoms with Crippen LogP contribution in [-0.2, 0) is 14.3 Å². The number of ether oxygens (including phenoxy) is 1. The summed E-state index contributed by atoms with van der Waals surface area (Å²) >= 11 is 1.54. The largest absolute Gasteiger partial charge is 0.444 e. The first-order valence-electron chi connectivity index (χ1n) is 12.5. The minimum Gasteiger partial charge on any atom is -0.444 e. The Morgan fingerprint density at radius 3 is 2.33 bits per heavy atom. The molecule has 1 aromatic carbocycles. The number of aryl methyl sites for hydroxylation is 2. The van der Waals surface area contributed by atoms with Gasteiger partial charge in [0.05, 0.1) is 6.07 Å². The zero-order valence-corrected chi connectivity index (χ0v) is 23.6. The predicted octanol–water partition coefficient (Wildman–Crippen LogP) is 4.65. The van der Waals surface area contributed by atoms with Gasteiger partial charge in [-0.15, -0.1) is 0 Å². The molecule has 9 heteroatoms. The number of alkyl carbamates (subject to hydrolysis) is 1. The minimum absolute atomic E-state index is 0.300. The predicted molar refractivity (Wildman–Crippen MR) is 145 cm³/mol. The minimum atomic E-state index is -1.00. The lowest BCUT2D eigenvalue weighted by Crippen LogP contribution is -2.53. The molecule has 0 spiro atoms. The van der Waals surface area contributed by atoms with Crippen molar-refractivity contribution in [2.75, 3.05) is 25.1 Å². The molecule has 0 fully saturated rings. The number of amides is 3.